The van der Waals surface area contributed by atoms with Crippen LogP contribution in [0.3, 0.4) is 0 Å². The van der Waals surface area contributed by atoms with Crippen LogP contribution < -0.4 is 10.1 Å². The molecule has 1 aromatic carbocycles. The first-order valence-corrected chi connectivity index (χ1v) is 12.1. The van der Waals surface area contributed by atoms with Crippen LogP contribution in [0.1, 0.15) is 37.1 Å². The standard InChI is InChI=1S/C25H34N4O4/c1-31-21-4-2-3-20(15-21)16-27-23(30)22-18-29-12-9-26-24(29)25(33-22)7-10-28(11-8-25)17-19-5-13-32-14-6-19/h2-4,9,12,15,19,22H,5-8,10-11,13-14,16-18H2,1H3,(H,27,30)/t22-/m1/s1. The number of nitrogens with one attached hydrogen (secondary N) is 1. The van der Waals surface area contributed by atoms with Crippen LogP contribution in [-0.2, 0) is 33.0 Å². The summed E-state index contributed by atoms with van der Waals surface area (Å²) in [4.78, 5) is 20.3. The van der Waals surface area contributed by atoms with Crippen molar-refractivity contribution in [3.8, 4) is 5.75 Å². The zero-order valence-electron chi connectivity index (χ0n) is 19.4. The van der Waals surface area contributed by atoms with Crippen LogP contribution in [0.4, 0.5) is 0 Å². The lowest BCUT2D eigenvalue weighted by molar-refractivity contribution is -0.174. The second-order valence-electron chi connectivity index (χ2n) is 9.43. The van der Waals surface area contributed by atoms with E-state index in [4.69, 9.17) is 14.2 Å². The van der Waals surface area contributed by atoms with Gasteiger partial charge in [0.2, 0.25) is 0 Å². The molecule has 8 heteroatoms. The molecule has 0 radical (unpaired) electrons. The van der Waals surface area contributed by atoms with E-state index in [9.17, 15) is 4.79 Å². The van der Waals surface area contributed by atoms with Gasteiger partial charge in [-0.3, -0.25) is 4.79 Å². The van der Waals surface area contributed by atoms with Gasteiger partial charge in [0.15, 0.2) is 6.10 Å². The van der Waals surface area contributed by atoms with Gasteiger partial charge in [-0.05, 0) is 49.3 Å². The number of piperidine rings is 1. The highest BCUT2D eigenvalue weighted by Crippen LogP contribution is 2.40. The van der Waals surface area contributed by atoms with E-state index >= 15 is 0 Å². The smallest absolute Gasteiger partial charge is 0.251 e. The molecule has 5 rings (SSSR count). The van der Waals surface area contributed by atoms with Gasteiger partial charge < -0.3 is 29.0 Å². The monoisotopic (exact) mass is 454 g/mol. The Hall–Kier alpha value is -2.42. The lowest BCUT2D eigenvalue weighted by Crippen LogP contribution is -2.54. The van der Waals surface area contributed by atoms with Gasteiger partial charge in [-0.1, -0.05) is 12.1 Å². The van der Waals surface area contributed by atoms with Crippen molar-refractivity contribution in [1.29, 1.82) is 0 Å². The third-order valence-corrected chi connectivity index (χ3v) is 7.27. The molecule has 2 saturated heterocycles. The van der Waals surface area contributed by atoms with Gasteiger partial charge in [-0.25, -0.2) is 4.98 Å². The van der Waals surface area contributed by atoms with Gasteiger partial charge >= 0.3 is 0 Å². The summed E-state index contributed by atoms with van der Waals surface area (Å²) in [5.74, 6) is 2.38. The predicted octanol–water partition coefficient (Wildman–Crippen LogP) is 2.32. The number of fused-ring (bicyclic) bond motifs is 2. The van der Waals surface area contributed by atoms with E-state index in [0.29, 0.717) is 13.1 Å². The number of aromatic nitrogens is 2. The normalized spacial score (nSPS) is 23.2. The maximum Gasteiger partial charge on any atom is 0.251 e. The Morgan fingerprint density at radius 2 is 2.09 bits per heavy atom. The van der Waals surface area contributed by atoms with E-state index in [1.54, 1.807) is 7.11 Å². The van der Waals surface area contributed by atoms with Gasteiger partial charge in [-0.15, -0.1) is 0 Å². The van der Waals surface area contributed by atoms with Crippen LogP contribution >= 0.6 is 0 Å². The Kier molecular flexibility index (Phi) is 6.66. The number of carbonyl (C=O) groups is 1. The first kappa shape index (κ1) is 22.4. The van der Waals surface area contributed by atoms with Crippen molar-refractivity contribution < 1.29 is 19.0 Å². The minimum atomic E-state index is -0.528. The number of hydrogen-bond donors (Lipinski definition) is 1. The number of imidazole rings is 1. The van der Waals surface area contributed by atoms with Gasteiger partial charge in [0.1, 0.15) is 17.2 Å². The van der Waals surface area contributed by atoms with E-state index in [1.165, 1.54) is 0 Å². The topological polar surface area (TPSA) is 77.9 Å². The molecule has 1 N–H and O–H groups in total. The fourth-order valence-electron chi connectivity index (χ4n) is 5.35. The number of carbonyl (C=O) groups excluding carboxylic acids is 1. The minimum absolute atomic E-state index is 0.0822. The maximum absolute atomic E-state index is 13.1. The van der Waals surface area contributed by atoms with Crippen LogP contribution in [0.15, 0.2) is 36.7 Å². The predicted molar refractivity (Wildman–Crippen MR) is 123 cm³/mol. The summed E-state index contributed by atoms with van der Waals surface area (Å²) in [7, 11) is 1.64. The first-order valence-electron chi connectivity index (χ1n) is 12.1. The van der Waals surface area contributed by atoms with Crippen molar-refractivity contribution in [2.45, 2.75) is 50.5 Å². The lowest BCUT2D eigenvalue weighted by Gasteiger charge is -2.46. The van der Waals surface area contributed by atoms with Crippen molar-refractivity contribution in [2.75, 3.05) is 40.0 Å². The molecule has 3 aliphatic heterocycles. The van der Waals surface area contributed by atoms with Crippen LogP contribution in [0.2, 0.25) is 0 Å². The molecule has 8 nitrogen and oxygen atoms in total. The van der Waals surface area contributed by atoms with E-state index in [1.807, 2.05) is 36.7 Å². The van der Waals surface area contributed by atoms with Gasteiger partial charge in [0.25, 0.3) is 5.91 Å². The third kappa shape index (κ3) is 4.93. The summed E-state index contributed by atoms with van der Waals surface area (Å²) in [6.45, 7) is 5.75. The highest BCUT2D eigenvalue weighted by atomic mass is 16.5. The van der Waals surface area contributed by atoms with Crippen molar-refractivity contribution >= 4 is 5.91 Å². The molecular weight excluding hydrogens is 420 g/mol. The van der Waals surface area contributed by atoms with Gasteiger partial charge in [0, 0.05) is 51.8 Å². The fraction of sp³-hybridized carbons (Fsp3) is 0.600. The molecule has 1 aromatic heterocycles. The van der Waals surface area contributed by atoms with Crippen molar-refractivity contribution in [2.24, 2.45) is 5.92 Å². The SMILES string of the molecule is COc1cccc(CNC(=O)[C@H]2Cn3ccnc3C3(CCN(CC4CCOCC4)CC3)O2)c1. The highest BCUT2D eigenvalue weighted by Gasteiger charge is 2.47. The lowest BCUT2D eigenvalue weighted by atomic mass is 9.87. The summed E-state index contributed by atoms with van der Waals surface area (Å²) in [5.41, 5.74) is 0.504. The summed E-state index contributed by atoms with van der Waals surface area (Å²) in [5, 5.41) is 3.05. The molecule has 3 aliphatic rings. The Balaban J connectivity index is 1.22. The van der Waals surface area contributed by atoms with E-state index < -0.39 is 11.7 Å². The molecule has 0 bridgehead atoms. The van der Waals surface area contributed by atoms with E-state index in [-0.39, 0.29) is 5.91 Å². The molecule has 178 valence electrons. The Bertz CT molecular complexity index is 947. The molecule has 2 aromatic rings. The van der Waals surface area contributed by atoms with Crippen LogP contribution in [0, 0.1) is 5.92 Å². The summed E-state index contributed by atoms with van der Waals surface area (Å²) in [6.07, 6.45) is 7.27. The van der Waals surface area contributed by atoms with Crippen LogP contribution in [0.25, 0.3) is 0 Å². The summed E-state index contributed by atoms with van der Waals surface area (Å²) >= 11 is 0. The molecule has 1 spiro atoms. The molecule has 33 heavy (non-hydrogen) atoms. The molecule has 0 aliphatic carbocycles. The van der Waals surface area contributed by atoms with Crippen molar-refractivity contribution in [3.63, 3.8) is 0 Å². The zero-order chi connectivity index (χ0) is 22.7. The first-order chi connectivity index (χ1) is 16.1. The van der Waals surface area contributed by atoms with Crippen LogP contribution in [0.5, 0.6) is 5.75 Å². The molecule has 2 fully saturated rings. The summed E-state index contributed by atoms with van der Waals surface area (Å²) in [6, 6.07) is 7.74. The van der Waals surface area contributed by atoms with Crippen molar-refractivity contribution in [3.05, 3.63) is 48.0 Å². The van der Waals surface area contributed by atoms with E-state index in [0.717, 1.165) is 81.6 Å². The Morgan fingerprint density at radius 1 is 1.27 bits per heavy atom. The molecular formula is C25H34N4O4. The van der Waals surface area contributed by atoms with Gasteiger partial charge in [-0.2, -0.15) is 0 Å². The largest absolute Gasteiger partial charge is 0.497 e. The third-order valence-electron chi connectivity index (χ3n) is 7.27. The number of rotatable bonds is 6. The molecule has 0 saturated carbocycles. The number of amides is 1. The molecule has 0 unspecified atom stereocenters. The van der Waals surface area contributed by atoms with Gasteiger partial charge in [0.05, 0.1) is 13.7 Å². The van der Waals surface area contributed by atoms with Crippen LogP contribution in [-0.4, -0.2) is 66.4 Å². The molecule has 4 heterocycles. The number of methoxy groups -OCH3 is 1. The average Bonchev–Trinajstić information content (AvgIpc) is 3.35. The average molecular weight is 455 g/mol. The second-order valence-corrected chi connectivity index (χ2v) is 9.43. The molecule has 1 amide bonds. The number of likely N-dealkylation sites (tertiary alicyclic amines) is 1. The van der Waals surface area contributed by atoms with E-state index in [2.05, 4.69) is 19.8 Å². The number of nitrogens with zero attached hydrogens (tertiary/aromatic N) is 3. The zero-order valence-corrected chi connectivity index (χ0v) is 19.4. The summed E-state index contributed by atoms with van der Waals surface area (Å²) < 4.78 is 19.5. The minimum Gasteiger partial charge on any atom is -0.497 e. The Labute approximate surface area is 195 Å². The molecule has 1 atom stereocenters. The number of benzene rings is 1. The quantitative estimate of drug-likeness (QED) is 0.722. The highest BCUT2D eigenvalue weighted by molar-refractivity contribution is 5.81. The fourth-order valence-corrected chi connectivity index (χ4v) is 5.35. The Morgan fingerprint density at radius 3 is 2.88 bits per heavy atom. The second kappa shape index (κ2) is 9.83. The maximum atomic E-state index is 13.1. The van der Waals surface area contributed by atoms with Crippen molar-refractivity contribution in [1.82, 2.24) is 19.8 Å². The number of ether oxygens (including phenoxy) is 3. The number of hydrogen-bond acceptors (Lipinski definition) is 6.